The molecule has 0 aliphatic carbocycles. The van der Waals surface area contributed by atoms with Gasteiger partial charge in [-0.1, -0.05) is 13.8 Å². The minimum absolute atomic E-state index is 0.183. The molecule has 2 heterocycles. The number of nitrogens with one attached hydrogen (secondary N) is 1. The molecule has 2 amide bonds. The second kappa shape index (κ2) is 7.80. The Bertz CT molecular complexity index is 499. The van der Waals surface area contributed by atoms with Crippen molar-refractivity contribution in [1.29, 1.82) is 0 Å². The van der Waals surface area contributed by atoms with E-state index < -0.39 is 43.1 Å². The highest BCUT2D eigenvalue weighted by Crippen LogP contribution is 2.37. The van der Waals surface area contributed by atoms with E-state index in [1.54, 1.807) is 0 Å². The third kappa shape index (κ3) is 4.99. The van der Waals surface area contributed by atoms with Crippen molar-refractivity contribution in [3.05, 3.63) is 0 Å². The van der Waals surface area contributed by atoms with E-state index in [2.05, 4.69) is 24.1 Å². The summed E-state index contributed by atoms with van der Waals surface area (Å²) in [5.74, 6) is -4.63. The molecule has 0 aromatic rings. The summed E-state index contributed by atoms with van der Waals surface area (Å²) < 4.78 is 39.0. The molecule has 144 valence electrons. The fourth-order valence-electron chi connectivity index (χ4n) is 3.70. The van der Waals surface area contributed by atoms with Crippen molar-refractivity contribution in [2.24, 2.45) is 17.8 Å². The van der Waals surface area contributed by atoms with E-state index >= 15 is 0 Å². The molecule has 0 aromatic carbocycles. The van der Waals surface area contributed by atoms with E-state index in [0.29, 0.717) is 12.5 Å². The van der Waals surface area contributed by atoms with Gasteiger partial charge in [-0.05, 0) is 25.3 Å². The second-order valence-corrected chi connectivity index (χ2v) is 7.37. The topological polar surface area (TPSA) is 72.9 Å². The number of nitrogens with zero attached hydrogens (tertiary/aromatic N) is 2. The maximum absolute atomic E-state index is 13.0. The SMILES string of the molecule is CC(C)CN1CCC[C@@H]1CNC(=O)N1C[C@@H](C(F)(F)F)[C@H](C(=O)O)C1. The Morgan fingerprint density at radius 1 is 1.28 bits per heavy atom. The number of alkyl halides is 3. The van der Waals surface area contributed by atoms with Gasteiger partial charge < -0.3 is 15.3 Å². The Hall–Kier alpha value is -1.51. The molecule has 25 heavy (non-hydrogen) atoms. The maximum atomic E-state index is 13.0. The number of amides is 2. The van der Waals surface area contributed by atoms with Gasteiger partial charge in [-0.3, -0.25) is 9.69 Å². The first kappa shape index (κ1) is 19.8. The smallest absolute Gasteiger partial charge is 0.394 e. The van der Waals surface area contributed by atoms with Crippen molar-refractivity contribution in [3.8, 4) is 0 Å². The molecule has 0 spiro atoms. The molecule has 2 saturated heterocycles. The Morgan fingerprint density at radius 3 is 2.48 bits per heavy atom. The number of hydrogen-bond donors (Lipinski definition) is 2. The summed E-state index contributed by atoms with van der Waals surface area (Å²) in [7, 11) is 0. The number of carboxylic acids is 1. The monoisotopic (exact) mass is 365 g/mol. The van der Waals surface area contributed by atoms with Gasteiger partial charge in [0.25, 0.3) is 0 Å². The van der Waals surface area contributed by atoms with Gasteiger partial charge >= 0.3 is 18.2 Å². The summed E-state index contributed by atoms with van der Waals surface area (Å²) in [6, 6.07) is -0.433. The number of aliphatic carboxylic acids is 1. The van der Waals surface area contributed by atoms with Crippen LogP contribution in [0.5, 0.6) is 0 Å². The lowest BCUT2D eigenvalue weighted by molar-refractivity contribution is -0.187. The molecule has 0 radical (unpaired) electrons. The van der Waals surface area contributed by atoms with Crippen LogP contribution in [0.1, 0.15) is 26.7 Å². The third-order valence-corrected chi connectivity index (χ3v) is 4.93. The van der Waals surface area contributed by atoms with Gasteiger partial charge in [0.2, 0.25) is 0 Å². The summed E-state index contributed by atoms with van der Waals surface area (Å²) in [4.78, 5) is 26.5. The van der Waals surface area contributed by atoms with Crippen LogP contribution in [0.4, 0.5) is 18.0 Å². The lowest BCUT2D eigenvalue weighted by Gasteiger charge is -2.27. The predicted octanol–water partition coefficient (Wildman–Crippen LogP) is 2.01. The molecule has 2 N–H and O–H groups in total. The summed E-state index contributed by atoms with van der Waals surface area (Å²) in [5, 5.41) is 11.7. The number of urea groups is 1. The molecular weight excluding hydrogens is 339 g/mol. The number of carboxylic acid groups (broad SMARTS) is 1. The van der Waals surface area contributed by atoms with Gasteiger partial charge in [-0.2, -0.15) is 13.2 Å². The molecule has 0 bridgehead atoms. The van der Waals surface area contributed by atoms with E-state index in [9.17, 15) is 22.8 Å². The fraction of sp³-hybridized carbons (Fsp3) is 0.875. The van der Waals surface area contributed by atoms with Crippen molar-refractivity contribution >= 4 is 12.0 Å². The first-order valence-corrected chi connectivity index (χ1v) is 8.66. The zero-order valence-electron chi connectivity index (χ0n) is 14.6. The lowest BCUT2D eigenvalue weighted by Crippen LogP contribution is -2.46. The van der Waals surface area contributed by atoms with Crippen molar-refractivity contribution in [3.63, 3.8) is 0 Å². The minimum atomic E-state index is -4.63. The van der Waals surface area contributed by atoms with Gasteiger partial charge in [0.15, 0.2) is 0 Å². The van der Waals surface area contributed by atoms with Gasteiger partial charge in [-0.15, -0.1) is 0 Å². The van der Waals surface area contributed by atoms with Gasteiger partial charge in [-0.25, -0.2) is 4.79 Å². The van der Waals surface area contributed by atoms with Crippen molar-refractivity contribution in [2.45, 2.75) is 38.9 Å². The average Bonchev–Trinajstić information content (AvgIpc) is 3.10. The van der Waals surface area contributed by atoms with Crippen LogP contribution in [0.25, 0.3) is 0 Å². The molecule has 9 heteroatoms. The summed E-state index contributed by atoms with van der Waals surface area (Å²) in [6.07, 6.45) is -2.65. The number of likely N-dealkylation sites (tertiary alicyclic amines) is 2. The number of hydrogen-bond acceptors (Lipinski definition) is 3. The molecule has 2 rings (SSSR count). The second-order valence-electron chi connectivity index (χ2n) is 7.37. The van der Waals surface area contributed by atoms with E-state index in [-0.39, 0.29) is 6.04 Å². The molecule has 2 aliphatic rings. The number of carbonyl (C=O) groups is 2. The van der Waals surface area contributed by atoms with Crippen molar-refractivity contribution in [2.75, 3.05) is 32.7 Å². The zero-order valence-corrected chi connectivity index (χ0v) is 14.6. The number of halogens is 3. The molecule has 0 aromatic heterocycles. The van der Waals surface area contributed by atoms with Crippen LogP contribution in [0.2, 0.25) is 0 Å². The molecule has 0 saturated carbocycles. The van der Waals surface area contributed by atoms with E-state index in [1.165, 1.54) is 0 Å². The van der Waals surface area contributed by atoms with Crippen LogP contribution in [-0.4, -0.2) is 71.8 Å². The summed E-state index contributed by atoms with van der Waals surface area (Å²) in [5.41, 5.74) is 0. The molecule has 3 atom stereocenters. The number of carbonyl (C=O) groups excluding carboxylic acids is 1. The van der Waals surface area contributed by atoms with E-state index in [1.807, 2.05) is 0 Å². The predicted molar refractivity (Wildman–Crippen MR) is 85.1 cm³/mol. The molecular formula is C16H26F3N3O3. The van der Waals surface area contributed by atoms with Crippen LogP contribution in [-0.2, 0) is 4.79 Å². The van der Waals surface area contributed by atoms with Crippen molar-refractivity contribution in [1.82, 2.24) is 15.1 Å². The average molecular weight is 365 g/mol. The van der Waals surface area contributed by atoms with Gasteiger partial charge in [0.05, 0.1) is 11.8 Å². The molecule has 0 unspecified atom stereocenters. The van der Waals surface area contributed by atoms with E-state index in [0.717, 1.165) is 30.8 Å². The highest BCUT2D eigenvalue weighted by Gasteiger charge is 2.53. The van der Waals surface area contributed by atoms with Crippen molar-refractivity contribution < 1.29 is 27.9 Å². The highest BCUT2D eigenvalue weighted by atomic mass is 19.4. The molecule has 2 aliphatic heterocycles. The van der Waals surface area contributed by atoms with Gasteiger partial charge in [0, 0.05) is 32.2 Å². The third-order valence-electron chi connectivity index (χ3n) is 4.93. The van der Waals surface area contributed by atoms with Crippen LogP contribution in [0.15, 0.2) is 0 Å². The Labute approximate surface area is 145 Å². The normalized spacial score (nSPS) is 27.9. The minimum Gasteiger partial charge on any atom is -0.481 e. The Balaban J connectivity index is 1.90. The largest absolute Gasteiger partial charge is 0.481 e. The first-order valence-electron chi connectivity index (χ1n) is 8.66. The fourth-order valence-corrected chi connectivity index (χ4v) is 3.70. The van der Waals surface area contributed by atoms with Crippen LogP contribution in [0, 0.1) is 17.8 Å². The highest BCUT2D eigenvalue weighted by molar-refractivity contribution is 5.77. The van der Waals surface area contributed by atoms with E-state index in [4.69, 9.17) is 5.11 Å². The quantitative estimate of drug-likeness (QED) is 0.782. The lowest BCUT2D eigenvalue weighted by atomic mass is 9.96. The Kier molecular flexibility index (Phi) is 6.18. The van der Waals surface area contributed by atoms with Crippen LogP contribution >= 0.6 is 0 Å². The molecule has 2 fully saturated rings. The van der Waals surface area contributed by atoms with Crippen LogP contribution in [0.3, 0.4) is 0 Å². The number of rotatable bonds is 5. The maximum Gasteiger partial charge on any atom is 0.394 e. The van der Waals surface area contributed by atoms with Gasteiger partial charge in [0.1, 0.15) is 0 Å². The van der Waals surface area contributed by atoms with Crippen LogP contribution < -0.4 is 5.32 Å². The standard InChI is InChI=1S/C16H26F3N3O3/c1-10(2)7-21-5-3-4-11(21)6-20-15(25)22-8-12(14(23)24)13(9-22)16(17,18)19/h10-13H,3-9H2,1-2H3,(H,20,25)(H,23,24)/t11-,12-,13-/m1/s1. The zero-order chi connectivity index (χ0) is 18.8. The Morgan fingerprint density at radius 2 is 1.96 bits per heavy atom. The molecule has 6 nitrogen and oxygen atoms in total. The summed E-state index contributed by atoms with van der Waals surface area (Å²) >= 11 is 0. The summed E-state index contributed by atoms with van der Waals surface area (Å²) in [6.45, 7) is 5.46. The first-order chi connectivity index (χ1) is 11.6.